The highest BCUT2D eigenvalue weighted by molar-refractivity contribution is 7.89. The van der Waals surface area contributed by atoms with Crippen molar-refractivity contribution in [2.75, 3.05) is 20.3 Å². The zero-order chi connectivity index (χ0) is 20.0. The lowest BCUT2D eigenvalue weighted by atomic mass is 10.1. The zero-order valence-electron chi connectivity index (χ0n) is 14.9. The molecule has 0 unspecified atom stereocenters. The summed E-state index contributed by atoms with van der Waals surface area (Å²) in [5, 5.41) is 9.82. The second-order valence-electron chi connectivity index (χ2n) is 5.70. The van der Waals surface area contributed by atoms with Crippen LogP contribution in [0.15, 0.2) is 46.1 Å². The van der Waals surface area contributed by atoms with Gasteiger partial charge >= 0.3 is 0 Å². The van der Waals surface area contributed by atoms with E-state index in [1.165, 1.54) is 37.5 Å². The van der Waals surface area contributed by atoms with Gasteiger partial charge in [0.25, 0.3) is 5.56 Å². The first-order valence-electron chi connectivity index (χ1n) is 7.98. The van der Waals surface area contributed by atoms with Gasteiger partial charge in [0.15, 0.2) is 5.78 Å². The molecule has 0 fully saturated rings. The molecule has 0 aliphatic rings. The van der Waals surface area contributed by atoms with Crippen LogP contribution >= 0.6 is 0 Å². The third-order valence-electron chi connectivity index (χ3n) is 3.59. The standard InChI is InChI=1S/C18H20N2O6S/c1-12-10-16(22)17(18(23)20-12)15(21)7-6-13-4-3-5-14(11-13)27(24,25)19-8-9-26-2/h3-7,10-11,19H,8-9H2,1-2H3,(H2,20,22,23). The average molecular weight is 392 g/mol. The maximum atomic E-state index is 12.2. The van der Waals surface area contributed by atoms with Crippen LogP contribution in [0.2, 0.25) is 0 Å². The third kappa shape index (κ3) is 5.36. The van der Waals surface area contributed by atoms with E-state index in [9.17, 15) is 23.1 Å². The number of hydrogen-bond acceptors (Lipinski definition) is 6. The monoisotopic (exact) mass is 392 g/mol. The first-order chi connectivity index (χ1) is 12.7. The highest BCUT2D eigenvalue weighted by Gasteiger charge is 2.15. The number of carbonyl (C=O) groups is 1. The van der Waals surface area contributed by atoms with Crippen LogP contribution in [0, 0.1) is 6.92 Å². The molecule has 2 rings (SSSR count). The number of sulfonamides is 1. The summed E-state index contributed by atoms with van der Waals surface area (Å²) in [5.74, 6) is -1.11. The normalized spacial score (nSPS) is 11.8. The molecule has 144 valence electrons. The van der Waals surface area contributed by atoms with Gasteiger partial charge in [-0.05, 0) is 36.8 Å². The summed E-state index contributed by atoms with van der Waals surface area (Å²) < 4.78 is 31.6. The van der Waals surface area contributed by atoms with Crippen molar-refractivity contribution in [3.63, 3.8) is 0 Å². The summed E-state index contributed by atoms with van der Waals surface area (Å²) >= 11 is 0. The lowest BCUT2D eigenvalue weighted by molar-refractivity contribution is 0.104. The molecule has 27 heavy (non-hydrogen) atoms. The number of pyridine rings is 1. The molecule has 0 aliphatic heterocycles. The maximum Gasteiger partial charge on any atom is 0.263 e. The minimum atomic E-state index is -3.71. The van der Waals surface area contributed by atoms with Crippen LogP contribution in [-0.4, -0.2) is 44.6 Å². The Morgan fingerprint density at radius 1 is 1.33 bits per heavy atom. The molecule has 3 N–H and O–H groups in total. The van der Waals surface area contributed by atoms with Crippen LogP contribution in [0.5, 0.6) is 5.75 Å². The second kappa shape index (κ2) is 8.76. The Morgan fingerprint density at radius 3 is 2.74 bits per heavy atom. The summed E-state index contributed by atoms with van der Waals surface area (Å²) in [6, 6.07) is 7.23. The Hall–Kier alpha value is -2.75. The van der Waals surface area contributed by atoms with Gasteiger partial charge in [0.05, 0.1) is 11.5 Å². The number of H-pyrrole nitrogens is 1. The van der Waals surface area contributed by atoms with E-state index < -0.39 is 27.1 Å². The van der Waals surface area contributed by atoms with E-state index in [-0.39, 0.29) is 23.6 Å². The van der Waals surface area contributed by atoms with E-state index in [0.29, 0.717) is 11.3 Å². The third-order valence-corrected chi connectivity index (χ3v) is 5.05. The van der Waals surface area contributed by atoms with Crippen LogP contribution < -0.4 is 10.3 Å². The summed E-state index contributed by atoms with van der Waals surface area (Å²) in [4.78, 5) is 26.5. The van der Waals surface area contributed by atoms with Crippen LogP contribution in [0.1, 0.15) is 21.6 Å². The lowest BCUT2D eigenvalue weighted by Gasteiger charge is -2.07. The van der Waals surface area contributed by atoms with Gasteiger partial charge in [-0.15, -0.1) is 0 Å². The molecule has 1 aromatic heterocycles. The van der Waals surface area contributed by atoms with Gasteiger partial charge in [-0.2, -0.15) is 0 Å². The Labute approximate surface area is 156 Å². The van der Waals surface area contributed by atoms with E-state index in [2.05, 4.69) is 9.71 Å². The van der Waals surface area contributed by atoms with E-state index in [1.54, 1.807) is 13.0 Å². The van der Waals surface area contributed by atoms with Crippen LogP contribution in [0.25, 0.3) is 6.08 Å². The minimum Gasteiger partial charge on any atom is -0.507 e. The van der Waals surface area contributed by atoms with Gasteiger partial charge < -0.3 is 14.8 Å². The number of carbonyl (C=O) groups excluding carboxylic acids is 1. The number of aryl methyl sites for hydroxylation is 1. The summed E-state index contributed by atoms with van der Waals surface area (Å²) in [6.45, 7) is 1.95. The smallest absolute Gasteiger partial charge is 0.263 e. The Balaban J connectivity index is 2.23. The summed E-state index contributed by atoms with van der Waals surface area (Å²) in [7, 11) is -2.24. The number of nitrogens with one attached hydrogen (secondary N) is 2. The lowest BCUT2D eigenvalue weighted by Crippen LogP contribution is -2.27. The number of hydrogen-bond donors (Lipinski definition) is 3. The minimum absolute atomic E-state index is 0.0317. The average Bonchev–Trinajstić information content (AvgIpc) is 2.59. The zero-order valence-corrected chi connectivity index (χ0v) is 15.7. The van der Waals surface area contributed by atoms with Crippen LogP contribution in [0.3, 0.4) is 0 Å². The number of aromatic nitrogens is 1. The molecule has 0 saturated heterocycles. The molecule has 2 aromatic rings. The van der Waals surface area contributed by atoms with Crippen molar-refractivity contribution in [2.24, 2.45) is 0 Å². The first kappa shape index (κ1) is 20.6. The van der Waals surface area contributed by atoms with Gasteiger partial charge in [-0.25, -0.2) is 13.1 Å². The number of aromatic amines is 1. The topological polar surface area (TPSA) is 126 Å². The molecule has 0 spiro atoms. The number of rotatable bonds is 8. The van der Waals surface area contributed by atoms with Crippen molar-refractivity contribution >= 4 is 21.9 Å². The SMILES string of the molecule is COCCNS(=O)(=O)c1cccc(C=CC(=O)c2c(O)cc(C)[nH]c2=O)c1. The molecule has 0 radical (unpaired) electrons. The van der Waals surface area contributed by atoms with E-state index in [4.69, 9.17) is 4.74 Å². The number of allylic oxidation sites excluding steroid dienone is 1. The number of methoxy groups -OCH3 is 1. The summed E-state index contributed by atoms with van der Waals surface area (Å²) in [5.41, 5.74) is -0.194. The first-order valence-corrected chi connectivity index (χ1v) is 9.47. The van der Waals surface area contributed by atoms with Crippen molar-refractivity contribution in [2.45, 2.75) is 11.8 Å². The van der Waals surface area contributed by atoms with Crippen LogP contribution in [0.4, 0.5) is 0 Å². The highest BCUT2D eigenvalue weighted by Crippen LogP contribution is 2.16. The highest BCUT2D eigenvalue weighted by atomic mass is 32.2. The fourth-order valence-electron chi connectivity index (χ4n) is 2.31. The molecular weight excluding hydrogens is 372 g/mol. The molecule has 0 amide bonds. The number of ketones is 1. The number of ether oxygens (including phenoxy) is 1. The Morgan fingerprint density at radius 2 is 2.07 bits per heavy atom. The van der Waals surface area contributed by atoms with Crippen molar-refractivity contribution in [1.82, 2.24) is 9.71 Å². The molecule has 8 nitrogen and oxygen atoms in total. The van der Waals surface area contributed by atoms with Crippen molar-refractivity contribution in [3.8, 4) is 5.75 Å². The van der Waals surface area contributed by atoms with Gasteiger partial charge in [-0.1, -0.05) is 18.2 Å². The largest absolute Gasteiger partial charge is 0.507 e. The fourth-order valence-corrected chi connectivity index (χ4v) is 3.38. The maximum absolute atomic E-state index is 12.2. The molecule has 0 saturated carbocycles. The quantitative estimate of drug-likeness (QED) is 0.352. The van der Waals surface area contributed by atoms with E-state index in [0.717, 1.165) is 6.08 Å². The molecule has 0 atom stereocenters. The van der Waals surface area contributed by atoms with Crippen molar-refractivity contribution in [1.29, 1.82) is 0 Å². The van der Waals surface area contributed by atoms with Crippen molar-refractivity contribution < 1.29 is 23.1 Å². The summed E-state index contributed by atoms with van der Waals surface area (Å²) in [6.07, 6.45) is 2.47. The molecule has 1 aromatic carbocycles. The predicted octanol–water partition coefficient (Wildman–Crippen LogP) is 1.21. The van der Waals surface area contributed by atoms with Crippen LogP contribution in [-0.2, 0) is 14.8 Å². The molecule has 0 aliphatic carbocycles. The van der Waals surface area contributed by atoms with Gasteiger partial charge in [0.2, 0.25) is 10.0 Å². The predicted molar refractivity (Wildman–Crippen MR) is 100 cm³/mol. The Kier molecular flexibility index (Phi) is 6.67. The van der Waals surface area contributed by atoms with E-state index >= 15 is 0 Å². The molecule has 1 heterocycles. The number of benzene rings is 1. The Bertz CT molecular complexity index is 1020. The fraction of sp³-hybridized carbons (Fsp3) is 0.222. The van der Waals surface area contributed by atoms with Gasteiger partial charge in [0, 0.05) is 19.3 Å². The van der Waals surface area contributed by atoms with Gasteiger partial charge in [-0.3, -0.25) is 9.59 Å². The molecule has 9 heteroatoms. The molecule has 0 bridgehead atoms. The molecular formula is C18H20N2O6S. The van der Waals surface area contributed by atoms with Crippen molar-refractivity contribution in [3.05, 3.63) is 63.6 Å². The second-order valence-corrected chi connectivity index (χ2v) is 7.47. The van der Waals surface area contributed by atoms with Gasteiger partial charge in [0.1, 0.15) is 11.3 Å². The van der Waals surface area contributed by atoms with E-state index in [1.807, 2.05) is 0 Å². The number of aromatic hydroxyl groups is 1.